The van der Waals surface area contributed by atoms with Gasteiger partial charge >= 0.3 is 5.97 Å². The lowest BCUT2D eigenvalue weighted by Crippen LogP contribution is -2.20. The molecule has 1 aromatic heterocycles. The zero-order chi connectivity index (χ0) is 19.5. The van der Waals surface area contributed by atoms with Gasteiger partial charge in [-0.1, -0.05) is 36.8 Å². The van der Waals surface area contributed by atoms with Crippen molar-refractivity contribution >= 4 is 56.1 Å². The molecular weight excluding hydrogens is 388 g/mol. The van der Waals surface area contributed by atoms with Gasteiger partial charge in [-0.2, -0.15) is 0 Å². The molecule has 2 aromatic carbocycles. The standard InChI is InChI=1S/C22H22N2O2S2/c1-26-21(25)19-17-9-3-2-4-10-18(17)28-20(19)24-22(27)23-16-12-11-14-7-5-6-8-15(14)13-16/h5-8,11-13H,2-4,9-10H2,1H3,(H2,23,24,27). The van der Waals surface area contributed by atoms with Gasteiger partial charge in [0.05, 0.1) is 12.7 Å². The van der Waals surface area contributed by atoms with Crippen molar-refractivity contribution in [3.8, 4) is 0 Å². The van der Waals surface area contributed by atoms with Crippen LogP contribution in [-0.2, 0) is 17.6 Å². The molecular formula is C22H22N2O2S2. The van der Waals surface area contributed by atoms with E-state index in [4.69, 9.17) is 17.0 Å². The van der Waals surface area contributed by atoms with Crippen LogP contribution < -0.4 is 10.6 Å². The Labute approximate surface area is 173 Å². The molecule has 1 aliphatic carbocycles. The summed E-state index contributed by atoms with van der Waals surface area (Å²) in [4.78, 5) is 13.7. The number of methoxy groups -OCH3 is 1. The molecule has 0 fully saturated rings. The number of aryl methyl sites for hydroxylation is 1. The maximum atomic E-state index is 12.4. The van der Waals surface area contributed by atoms with E-state index in [2.05, 4.69) is 34.9 Å². The van der Waals surface area contributed by atoms with Crippen molar-refractivity contribution in [3.63, 3.8) is 0 Å². The number of hydrogen-bond acceptors (Lipinski definition) is 4. The summed E-state index contributed by atoms with van der Waals surface area (Å²) >= 11 is 7.14. The molecule has 2 N–H and O–H groups in total. The average molecular weight is 411 g/mol. The predicted molar refractivity (Wildman–Crippen MR) is 121 cm³/mol. The van der Waals surface area contributed by atoms with Crippen molar-refractivity contribution in [3.05, 3.63) is 58.5 Å². The van der Waals surface area contributed by atoms with Crippen LogP contribution >= 0.6 is 23.6 Å². The number of benzene rings is 2. The summed E-state index contributed by atoms with van der Waals surface area (Å²) in [6.07, 6.45) is 5.40. The molecule has 144 valence electrons. The number of esters is 1. The first kappa shape index (κ1) is 18.9. The van der Waals surface area contributed by atoms with Gasteiger partial charge in [-0.15, -0.1) is 11.3 Å². The number of anilines is 2. The van der Waals surface area contributed by atoms with Crippen molar-refractivity contribution in [1.82, 2.24) is 0 Å². The minimum atomic E-state index is -0.296. The van der Waals surface area contributed by atoms with E-state index in [1.807, 2.05) is 18.2 Å². The Kier molecular flexibility index (Phi) is 5.59. The zero-order valence-corrected chi connectivity index (χ0v) is 17.3. The van der Waals surface area contributed by atoms with Crippen molar-refractivity contribution < 1.29 is 9.53 Å². The van der Waals surface area contributed by atoms with Gasteiger partial charge in [0.2, 0.25) is 0 Å². The van der Waals surface area contributed by atoms with E-state index < -0.39 is 0 Å². The summed E-state index contributed by atoms with van der Waals surface area (Å²) in [5.41, 5.74) is 2.69. The first-order valence-electron chi connectivity index (χ1n) is 9.45. The van der Waals surface area contributed by atoms with E-state index in [-0.39, 0.29) is 5.97 Å². The highest BCUT2D eigenvalue weighted by Crippen LogP contribution is 2.38. The number of carbonyl (C=O) groups is 1. The quantitative estimate of drug-likeness (QED) is 0.326. The van der Waals surface area contributed by atoms with E-state index >= 15 is 0 Å². The van der Waals surface area contributed by atoms with Crippen LogP contribution in [0.3, 0.4) is 0 Å². The van der Waals surface area contributed by atoms with Gasteiger partial charge in [0.1, 0.15) is 5.00 Å². The number of hydrogen-bond donors (Lipinski definition) is 2. The minimum Gasteiger partial charge on any atom is -0.465 e. The van der Waals surface area contributed by atoms with Gasteiger partial charge in [-0.05, 0) is 66.4 Å². The van der Waals surface area contributed by atoms with E-state index in [1.165, 1.54) is 23.8 Å². The van der Waals surface area contributed by atoms with Crippen LogP contribution in [0.5, 0.6) is 0 Å². The fraction of sp³-hybridized carbons (Fsp3) is 0.273. The summed E-state index contributed by atoms with van der Waals surface area (Å²) in [6.45, 7) is 0. The first-order chi connectivity index (χ1) is 13.7. The Balaban J connectivity index is 1.57. The monoisotopic (exact) mass is 410 g/mol. The Hall–Kier alpha value is -2.44. The lowest BCUT2D eigenvalue weighted by Gasteiger charge is -2.12. The molecule has 1 aliphatic rings. The number of thiophene rings is 1. The third-order valence-corrected chi connectivity index (χ3v) is 6.46. The Bertz CT molecular complexity index is 1040. The summed E-state index contributed by atoms with van der Waals surface area (Å²) < 4.78 is 5.05. The van der Waals surface area contributed by atoms with Crippen molar-refractivity contribution in [1.29, 1.82) is 0 Å². The van der Waals surface area contributed by atoms with Crippen LogP contribution in [0.2, 0.25) is 0 Å². The Morgan fingerprint density at radius 3 is 2.64 bits per heavy atom. The average Bonchev–Trinajstić information content (AvgIpc) is 2.87. The van der Waals surface area contributed by atoms with Crippen LogP contribution in [0.4, 0.5) is 10.7 Å². The van der Waals surface area contributed by atoms with Gasteiger partial charge in [0, 0.05) is 10.6 Å². The van der Waals surface area contributed by atoms with Crippen LogP contribution in [0, 0.1) is 0 Å². The molecule has 0 saturated heterocycles. The van der Waals surface area contributed by atoms with E-state index in [1.54, 1.807) is 11.3 Å². The van der Waals surface area contributed by atoms with Crippen LogP contribution in [-0.4, -0.2) is 18.2 Å². The maximum absolute atomic E-state index is 12.4. The molecule has 4 rings (SSSR count). The fourth-order valence-electron chi connectivity index (χ4n) is 3.68. The lowest BCUT2D eigenvalue weighted by molar-refractivity contribution is 0.0601. The third-order valence-electron chi connectivity index (χ3n) is 5.05. The van der Waals surface area contributed by atoms with Crippen molar-refractivity contribution in [2.45, 2.75) is 32.1 Å². The summed E-state index contributed by atoms with van der Waals surface area (Å²) in [7, 11) is 1.43. The van der Waals surface area contributed by atoms with Crippen molar-refractivity contribution in [2.24, 2.45) is 0 Å². The number of nitrogens with one attached hydrogen (secondary N) is 2. The van der Waals surface area contributed by atoms with Crippen LogP contribution in [0.25, 0.3) is 10.8 Å². The molecule has 0 saturated carbocycles. The van der Waals surface area contributed by atoms with Gasteiger partial charge in [0.25, 0.3) is 0 Å². The third kappa shape index (κ3) is 3.88. The summed E-state index contributed by atoms with van der Waals surface area (Å²) in [5.74, 6) is -0.296. The zero-order valence-electron chi connectivity index (χ0n) is 15.7. The molecule has 0 unspecified atom stereocenters. The molecule has 6 heteroatoms. The van der Waals surface area contributed by atoms with E-state index in [0.29, 0.717) is 10.7 Å². The van der Waals surface area contributed by atoms with Gasteiger partial charge in [-0.25, -0.2) is 4.79 Å². The second-order valence-corrected chi connectivity index (χ2v) is 8.41. The largest absolute Gasteiger partial charge is 0.465 e. The molecule has 4 nitrogen and oxygen atoms in total. The lowest BCUT2D eigenvalue weighted by atomic mass is 10.1. The number of rotatable bonds is 3. The second kappa shape index (κ2) is 8.29. The van der Waals surface area contributed by atoms with Crippen molar-refractivity contribution in [2.75, 3.05) is 17.7 Å². The maximum Gasteiger partial charge on any atom is 0.341 e. The van der Waals surface area contributed by atoms with E-state index in [0.717, 1.165) is 47.3 Å². The molecule has 0 radical (unpaired) electrons. The van der Waals surface area contributed by atoms with Gasteiger partial charge in [0.15, 0.2) is 5.11 Å². The molecule has 0 bridgehead atoms. The molecule has 28 heavy (non-hydrogen) atoms. The number of thiocarbonyl (C=S) groups is 1. The minimum absolute atomic E-state index is 0.296. The number of ether oxygens (including phenoxy) is 1. The molecule has 0 amide bonds. The van der Waals surface area contributed by atoms with Gasteiger partial charge < -0.3 is 15.4 Å². The SMILES string of the molecule is COC(=O)c1c(NC(=S)Nc2ccc3ccccc3c2)sc2c1CCCCC2. The predicted octanol–water partition coefficient (Wildman–Crippen LogP) is 5.77. The van der Waals surface area contributed by atoms with Gasteiger partial charge in [-0.3, -0.25) is 0 Å². The highest BCUT2D eigenvalue weighted by atomic mass is 32.1. The highest BCUT2D eigenvalue weighted by Gasteiger charge is 2.25. The molecule has 1 heterocycles. The van der Waals surface area contributed by atoms with Crippen LogP contribution in [0.1, 0.15) is 40.1 Å². The number of fused-ring (bicyclic) bond motifs is 2. The molecule has 0 spiro atoms. The Morgan fingerprint density at radius 2 is 1.82 bits per heavy atom. The topological polar surface area (TPSA) is 50.4 Å². The molecule has 3 aromatic rings. The first-order valence-corrected chi connectivity index (χ1v) is 10.7. The molecule has 0 aliphatic heterocycles. The normalized spacial score (nSPS) is 13.5. The smallest absolute Gasteiger partial charge is 0.341 e. The highest BCUT2D eigenvalue weighted by molar-refractivity contribution is 7.80. The molecule has 0 atom stereocenters. The summed E-state index contributed by atoms with van der Waals surface area (Å²) in [5, 5.41) is 10.0. The second-order valence-electron chi connectivity index (χ2n) is 6.90. The summed E-state index contributed by atoms with van der Waals surface area (Å²) in [6, 6.07) is 14.3. The number of carbonyl (C=O) groups excluding carboxylic acids is 1. The Morgan fingerprint density at radius 1 is 1.04 bits per heavy atom. The fourth-order valence-corrected chi connectivity index (χ4v) is 5.25. The van der Waals surface area contributed by atoms with E-state index in [9.17, 15) is 4.79 Å². The van der Waals surface area contributed by atoms with Crippen LogP contribution in [0.15, 0.2) is 42.5 Å².